The number of aryl methyl sites for hydroxylation is 1. The van der Waals surface area contributed by atoms with Gasteiger partial charge in [-0.3, -0.25) is 0 Å². The Labute approximate surface area is 197 Å². The van der Waals surface area contributed by atoms with E-state index in [0.29, 0.717) is 34.4 Å². The molecule has 2 heterocycles. The summed E-state index contributed by atoms with van der Waals surface area (Å²) in [5.74, 6) is 1.01. The van der Waals surface area contributed by atoms with E-state index in [1.165, 1.54) is 5.56 Å². The maximum absolute atomic E-state index is 6.59. The molecule has 0 saturated carbocycles. The molecule has 0 unspecified atom stereocenters. The van der Waals surface area contributed by atoms with Crippen molar-refractivity contribution >= 4 is 34.4 Å². The predicted molar refractivity (Wildman–Crippen MR) is 135 cm³/mol. The van der Waals surface area contributed by atoms with Gasteiger partial charge in [0.25, 0.3) is 0 Å². The fourth-order valence-corrected chi connectivity index (χ4v) is 3.95. The highest BCUT2D eigenvalue weighted by Gasteiger charge is 2.19. The zero-order chi connectivity index (χ0) is 22.8. The molecule has 33 heavy (non-hydrogen) atoms. The molecule has 0 aliphatic carbocycles. The van der Waals surface area contributed by atoms with Crippen molar-refractivity contribution in [1.29, 1.82) is 0 Å². The van der Waals surface area contributed by atoms with E-state index in [2.05, 4.69) is 22.4 Å². The van der Waals surface area contributed by atoms with E-state index < -0.39 is 0 Å². The van der Waals surface area contributed by atoms with E-state index in [4.69, 9.17) is 27.4 Å². The third-order valence-corrected chi connectivity index (χ3v) is 5.72. The fourth-order valence-electron chi connectivity index (χ4n) is 3.83. The SMILES string of the molecule is Cc1cccc(-n2nc3nc(NCCc4ccccc4)nc(-c4ccc(Cl)cc4)c3c2N)c1. The van der Waals surface area contributed by atoms with Gasteiger partial charge in [-0.25, -0.2) is 9.67 Å². The first-order valence-electron chi connectivity index (χ1n) is 10.8. The second kappa shape index (κ2) is 8.92. The van der Waals surface area contributed by atoms with Gasteiger partial charge in [-0.2, -0.15) is 4.98 Å². The summed E-state index contributed by atoms with van der Waals surface area (Å²) in [6, 6.07) is 25.9. The molecule has 0 atom stereocenters. The zero-order valence-corrected chi connectivity index (χ0v) is 18.9. The van der Waals surface area contributed by atoms with Crippen LogP contribution in [-0.2, 0) is 6.42 Å². The van der Waals surface area contributed by atoms with Gasteiger partial charge < -0.3 is 11.1 Å². The molecule has 0 amide bonds. The summed E-state index contributed by atoms with van der Waals surface area (Å²) < 4.78 is 1.72. The van der Waals surface area contributed by atoms with Crippen molar-refractivity contribution in [2.24, 2.45) is 0 Å². The lowest BCUT2D eigenvalue weighted by molar-refractivity contribution is 0.897. The zero-order valence-electron chi connectivity index (χ0n) is 18.2. The minimum absolute atomic E-state index is 0.497. The molecule has 164 valence electrons. The molecule has 0 spiro atoms. The normalized spacial score (nSPS) is 11.1. The lowest BCUT2D eigenvalue weighted by Crippen LogP contribution is -2.08. The highest BCUT2D eigenvalue weighted by molar-refractivity contribution is 6.30. The summed E-state index contributed by atoms with van der Waals surface area (Å²) in [4.78, 5) is 9.50. The summed E-state index contributed by atoms with van der Waals surface area (Å²) in [6.07, 6.45) is 0.860. The third-order valence-electron chi connectivity index (χ3n) is 5.47. The van der Waals surface area contributed by atoms with Crippen LogP contribution < -0.4 is 11.1 Å². The van der Waals surface area contributed by atoms with Crippen molar-refractivity contribution < 1.29 is 0 Å². The van der Waals surface area contributed by atoms with Crippen molar-refractivity contribution in [3.63, 3.8) is 0 Å². The smallest absolute Gasteiger partial charge is 0.225 e. The second-order valence-corrected chi connectivity index (χ2v) is 8.34. The molecular weight excluding hydrogens is 432 g/mol. The van der Waals surface area contributed by atoms with E-state index in [1.807, 2.05) is 73.7 Å². The van der Waals surface area contributed by atoms with Crippen LogP contribution in [0, 0.1) is 6.92 Å². The first-order valence-corrected chi connectivity index (χ1v) is 11.1. The number of nitrogens with one attached hydrogen (secondary N) is 1. The molecule has 0 aliphatic heterocycles. The lowest BCUT2D eigenvalue weighted by atomic mass is 10.1. The molecule has 5 aromatic rings. The van der Waals surface area contributed by atoms with Crippen molar-refractivity contribution in [3.05, 3.63) is 95.0 Å². The van der Waals surface area contributed by atoms with Crippen LogP contribution in [0.25, 0.3) is 28.0 Å². The third kappa shape index (κ3) is 4.38. The fraction of sp³-hybridized carbons (Fsp3) is 0.115. The maximum atomic E-state index is 6.59. The van der Waals surface area contributed by atoms with Gasteiger partial charge in [0.15, 0.2) is 5.65 Å². The van der Waals surface area contributed by atoms with Crippen LogP contribution >= 0.6 is 11.6 Å². The highest BCUT2D eigenvalue weighted by atomic mass is 35.5. The Morgan fingerprint density at radius 2 is 1.73 bits per heavy atom. The Kier molecular flexibility index (Phi) is 5.67. The molecule has 3 N–H and O–H groups in total. The summed E-state index contributed by atoms with van der Waals surface area (Å²) >= 11 is 6.12. The maximum Gasteiger partial charge on any atom is 0.225 e. The topological polar surface area (TPSA) is 81.7 Å². The van der Waals surface area contributed by atoms with Gasteiger partial charge in [-0.15, -0.1) is 5.10 Å². The molecule has 6 nitrogen and oxygen atoms in total. The van der Waals surface area contributed by atoms with E-state index in [0.717, 1.165) is 28.9 Å². The Balaban J connectivity index is 1.58. The average molecular weight is 455 g/mol. The summed E-state index contributed by atoms with van der Waals surface area (Å²) in [6.45, 7) is 2.74. The lowest BCUT2D eigenvalue weighted by Gasteiger charge is -2.09. The number of benzene rings is 3. The molecule has 2 aromatic heterocycles. The van der Waals surface area contributed by atoms with Gasteiger partial charge in [0, 0.05) is 17.1 Å². The van der Waals surface area contributed by atoms with Crippen molar-refractivity contribution in [1.82, 2.24) is 19.7 Å². The van der Waals surface area contributed by atoms with Crippen molar-refractivity contribution in [2.75, 3.05) is 17.6 Å². The molecule has 0 saturated heterocycles. The van der Waals surface area contributed by atoms with E-state index >= 15 is 0 Å². The van der Waals surface area contributed by atoms with Crippen molar-refractivity contribution in [2.45, 2.75) is 13.3 Å². The summed E-state index contributed by atoms with van der Waals surface area (Å²) in [5.41, 5.74) is 12.0. The monoisotopic (exact) mass is 454 g/mol. The minimum Gasteiger partial charge on any atom is -0.383 e. The largest absolute Gasteiger partial charge is 0.383 e. The number of rotatable bonds is 6. The van der Waals surface area contributed by atoms with E-state index in [-0.39, 0.29) is 0 Å². The molecule has 7 heteroatoms. The van der Waals surface area contributed by atoms with E-state index in [9.17, 15) is 0 Å². The number of nitrogen functional groups attached to an aromatic ring is 1. The van der Waals surface area contributed by atoms with E-state index in [1.54, 1.807) is 4.68 Å². The standard InChI is InChI=1S/C26H23ClN6/c1-17-6-5-9-21(16-17)33-24(28)22-23(19-10-12-20(27)13-11-19)30-26(31-25(22)32-33)29-15-14-18-7-3-2-4-8-18/h2-13,16H,14-15,28H2,1H3,(H,29,31,32). The quantitative estimate of drug-likeness (QED) is 0.345. The van der Waals surface area contributed by atoms with Crippen LogP contribution in [0.4, 0.5) is 11.8 Å². The molecule has 5 rings (SSSR count). The van der Waals surface area contributed by atoms with Crippen LogP contribution in [0.3, 0.4) is 0 Å². The number of fused-ring (bicyclic) bond motifs is 1. The van der Waals surface area contributed by atoms with Crippen LogP contribution in [0.1, 0.15) is 11.1 Å². The van der Waals surface area contributed by atoms with Gasteiger partial charge in [0.1, 0.15) is 5.82 Å². The number of nitrogens with two attached hydrogens (primary N) is 1. The number of aromatic nitrogens is 4. The summed E-state index contributed by atoms with van der Waals surface area (Å²) in [7, 11) is 0. The number of anilines is 2. The first-order chi connectivity index (χ1) is 16.1. The first kappa shape index (κ1) is 21.0. The second-order valence-electron chi connectivity index (χ2n) is 7.90. The van der Waals surface area contributed by atoms with Gasteiger partial charge >= 0.3 is 0 Å². The average Bonchev–Trinajstić information content (AvgIpc) is 3.16. The van der Waals surface area contributed by atoms with Gasteiger partial charge in [0.2, 0.25) is 5.95 Å². The number of hydrogen-bond donors (Lipinski definition) is 2. The van der Waals surface area contributed by atoms with Crippen LogP contribution in [0.5, 0.6) is 0 Å². The van der Waals surface area contributed by atoms with Crippen LogP contribution in [0.2, 0.25) is 5.02 Å². The van der Waals surface area contributed by atoms with Crippen LogP contribution in [-0.4, -0.2) is 26.3 Å². The van der Waals surface area contributed by atoms with Gasteiger partial charge in [-0.1, -0.05) is 66.2 Å². The minimum atomic E-state index is 0.497. The molecule has 0 bridgehead atoms. The Morgan fingerprint density at radius 1 is 0.939 bits per heavy atom. The Hall–Kier alpha value is -3.90. The van der Waals surface area contributed by atoms with Crippen molar-refractivity contribution in [3.8, 4) is 16.9 Å². The predicted octanol–water partition coefficient (Wildman–Crippen LogP) is 5.68. The highest BCUT2D eigenvalue weighted by Crippen LogP contribution is 2.33. The Morgan fingerprint density at radius 3 is 2.48 bits per heavy atom. The molecule has 0 radical (unpaired) electrons. The molecule has 0 fully saturated rings. The number of halogens is 1. The Bertz CT molecular complexity index is 1410. The molecule has 0 aliphatic rings. The number of nitrogens with zero attached hydrogens (tertiary/aromatic N) is 4. The van der Waals surface area contributed by atoms with Crippen LogP contribution in [0.15, 0.2) is 78.9 Å². The molecule has 3 aromatic carbocycles. The molecular formula is C26H23ClN6. The van der Waals surface area contributed by atoms with Gasteiger partial charge in [-0.05, 0) is 48.7 Å². The van der Waals surface area contributed by atoms with Gasteiger partial charge in [0.05, 0.1) is 16.8 Å². The summed E-state index contributed by atoms with van der Waals surface area (Å²) in [5, 5.41) is 9.45. The number of hydrogen-bond acceptors (Lipinski definition) is 5.